The normalized spacial score (nSPS) is 9.95. The summed E-state index contributed by atoms with van der Waals surface area (Å²) in [7, 11) is 0. The van der Waals surface area contributed by atoms with Crippen molar-refractivity contribution in [2.45, 2.75) is 13.8 Å². The van der Waals surface area contributed by atoms with Gasteiger partial charge >= 0.3 is 0 Å². The Hall–Kier alpha value is -2.06. The van der Waals surface area contributed by atoms with Crippen LogP contribution >= 0.6 is 11.6 Å². The van der Waals surface area contributed by atoms with Gasteiger partial charge in [0.15, 0.2) is 0 Å². The van der Waals surface area contributed by atoms with Crippen molar-refractivity contribution in [3.63, 3.8) is 0 Å². The maximum atomic E-state index is 10.3. The highest BCUT2D eigenvalue weighted by Crippen LogP contribution is 2.38. The van der Waals surface area contributed by atoms with E-state index in [9.17, 15) is 5.11 Å². The number of nitrogens with zero attached hydrogens (tertiary/aromatic N) is 1. The van der Waals surface area contributed by atoms with Gasteiger partial charge in [-0.05, 0) is 23.8 Å². The fraction of sp³-hybridized carbons (Fsp3) is 0.118. The van der Waals surface area contributed by atoms with Crippen LogP contribution in [0, 0.1) is 0 Å². The molecule has 3 heteroatoms. The molecule has 0 bridgehead atoms. The van der Waals surface area contributed by atoms with Crippen LogP contribution in [0.5, 0.6) is 5.75 Å². The van der Waals surface area contributed by atoms with Gasteiger partial charge in [0.1, 0.15) is 11.3 Å². The third kappa shape index (κ3) is 2.61. The van der Waals surface area contributed by atoms with Gasteiger partial charge < -0.3 is 5.11 Å². The number of aromatic nitrogens is 1. The van der Waals surface area contributed by atoms with Crippen LogP contribution in [-0.2, 0) is 0 Å². The number of halogens is 1. The highest BCUT2D eigenvalue weighted by molar-refractivity contribution is 6.36. The van der Waals surface area contributed by atoms with Crippen molar-refractivity contribution in [1.29, 1.82) is 0 Å². The van der Waals surface area contributed by atoms with Crippen molar-refractivity contribution in [3.8, 4) is 16.9 Å². The molecule has 0 saturated heterocycles. The molecule has 0 fully saturated rings. The van der Waals surface area contributed by atoms with Crippen molar-refractivity contribution in [2.24, 2.45) is 0 Å². The van der Waals surface area contributed by atoms with Crippen LogP contribution in [0.15, 0.2) is 54.7 Å². The number of phenols is 1. The number of rotatable bonds is 1. The lowest BCUT2D eigenvalue weighted by molar-refractivity contribution is 0.482. The molecular weight excluding hydrogens is 270 g/mol. The fourth-order valence-electron chi connectivity index (χ4n) is 2.02. The molecule has 0 aliphatic carbocycles. The number of aromatic hydroxyl groups is 1. The number of phenolic OH excluding ortho intramolecular Hbond substituents is 1. The van der Waals surface area contributed by atoms with Gasteiger partial charge in [-0.15, -0.1) is 0 Å². The first kappa shape index (κ1) is 14.4. The summed E-state index contributed by atoms with van der Waals surface area (Å²) in [4.78, 5) is 4.19. The van der Waals surface area contributed by atoms with E-state index in [1.807, 2.05) is 50.2 Å². The molecule has 0 amide bonds. The Morgan fingerprint density at radius 3 is 2.40 bits per heavy atom. The third-order valence-corrected chi connectivity index (χ3v) is 3.21. The summed E-state index contributed by atoms with van der Waals surface area (Å²) in [5.74, 6) is 0.168. The van der Waals surface area contributed by atoms with E-state index in [0.29, 0.717) is 16.1 Å². The van der Waals surface area contributed by atoms with Crippen LogP contribution < -0.4 is 0 Å². The number of pyridine rings is 1. The lowest BCUT2D eigenvalue weighted by Gasteiger charge is -2.09. The first-order valence-electron chi connectivity index (χ1n) is 6.59. The molecule has 2 nitrogen and oxygen atoms in total. The van der Waals surface area contributed by atoms with Gasteiger partial charge in [0.05, 0.1) is 5.02 Å². The van der Waals surface area contributed by atoms with E-state index in [1.165, 1.54) is 0 Å². The quantitative estimate of drug-likeness (QED) is 0.659. The predicted octanol–water partition coefficient (Wildman–Crippen LogP) is 5.29. The second-order valence-corrected chi connectivity index (χ2v) is 4.43. The summed E-state index contributed by atoms with van der Waals surface area (Å²) in [6.07, 6.45) is 1.65. The standard InChI is InChI=1S/C15H10ClNO.C2H6/c16-13-9-12(10-5-2-1-3-6-10)15(18)14-11(13)7-4-8-17-14;1-2/h1-9,18H;1-2H3. The van der Waals surface area contributed by atoms with Crippen LogP contribution in [0.1, 0.15) is 13.8 Å². The van der Waals surface area contributed by atoms with Crippen LogP contribution in [0.4, 0.5) is 0 Å². The second kappa shape index (κ2) is 6.40. The highest BCUT2D eigenvalue weighted by atomic mass is 35.5. The molecular formula is C17H16ClNO. The van der Waals surface area contributed by atoms with Gasteiger partial charge in [0.25, 0.3) is 0 Å². The van der Waals surface area contributed by atoms with Gasteiger partial charge in [-0.3, -0.25) is 4.98 Å². The highest BCUT2D eigenvalue weighted by Gasteiger charge is 2.12. The molecule has 102 valence electrons. The van der Waals surface area contributed by atoms with Gasteiger partial charge in [-0.1, -0.05) is 55.8 Å². The minimum atomic E-state index is 0.168. The molecule has 3 rings (SSSR count). The smallest absolute Gasteiger partial charge is 0.149 e. The first-order valence-corrected chi connectivity index (χ1v) is 6.97. The zero-order valence-electron chi connectivity index (χ0n) is 11.5. The Labute approximate surface area is 123 Å². The van der Waals surface area contributed by atoms with E-state index < -0.39 is 0 Å². The largest absolute Gasteiger partial charge is 0.505 e. The second-order valence-electron chi connectivity index (χ2n) is 4.02. The maximum absolute atomic E-state index is 10.3. The van der Waals surface area contributed by atoms with E-state index in [2.05, 4.69) is 4.98 Å². The van der Waals surface area contributed by atoms with Crippen LogP contribution in [0.3, 0.4) is 0 Å². The number of benzene rings is 2. The Balaban J connectivity index is 0.000000704. The summed E-state index contributed by atoms with van der Waals surface area (Å²) in [5.41, 5.74) is 2.15. The van der Waals surface area contributed by atoms with Crippen LogP contribution in [0.25, 0.3) is 22.0 Å². The zero-order chi connectivity index (χ0) is 14.5. The van der Waals surface area contributed by atoms with Crippen LogP contribution in [-0.4, -0.2) is 10.1 Å². The Morgan fingerprint density at radius 1 is 1.00 bits per heavy atom. The molecule has 0 aliphatic rings. The predicted molar refractivity (Wildman–Crippen MR) is 85.2 cm³/mol. The number of fused-ring (bicyclic) bond motifs is 1. The molecule has 2 aromatic carbocycles. The zero-order valence-corrected chi connectivity index (χ0v) is 12.2. The topological polar surface area (TPSA) is 33.1 Å². The maximum Gasteiger partial charge on any atom is 0.149 e. The average molecular weight is 286 g/mol. The summed E-state index contributed by atoms with van der Waals surface area (Å²) in [6.45, 7) is 4.00. The minimum Gasteiger partial charge on any atom is -0.505 e. The van der Waals surface area contributed by atoms with E-state index in [0.717, 1.165) is 10.9 Å². The van der Waals surface area contributed by atoms with Crippen molar-refractivity contribution in [3.05, 3.63) is 59.8 Å². The van der Waals surface area contributed by atoms with Crippen molar-refractivity contribution >= 4 is 22.5 Å². The molecule has 1 heterocycles. The molecule has 0 spiro atoms. The summed E-state index contributed by atoms with van der Waals surface area (Å²) in [6, 6.07) is 15.1. The van der Waals surface area contributed by atoms with E-state index in [4.69, 9.17) is 11.6 Å². The number of hydrogen-bond acceptors (Lipinski definition) is 2. The van der Waals surface area contributed by atoms with Gasteiger partial charge in [-0.25, -0.2) is 0 Å². The molecule has 1 N–H and O–H groups in total. The molecule has 3 aromatic rings. The summed E-state index contributed by atoms with van der Waals surface area (Å²) < 4.78 is 0. The molecule has 0 radical (unpaired) electrons. The minimum absolute atomic E-state index is 0.168. The van der Waals surface area contributed by atoms with Crippen LogP contribution in [0.2, 0.25) is 5.02 Å². The molecule has 0 unspecified atom stereocenters. The van der Waals surface area contributed by atoms with Gasteiger partial charge in [0, 0.05) is 17.1 Å². The van der Waals surface area contributed by atoms with E-state index in [1.54, 1.807) is 18.3 Å². The molecule has 1 aromatic heterocycles. The summed E-state index contributed by atoms with van der Waals surface area (Å²) in [5, 5.41) is 11.7. The summed E-state index contributed by atoms with van der Waals surface area (Å²) >= 11 is 6.23. The lowest BCUT2D eigenvalue weighted by atomic mass is 10.0. The molecule has 0 aliphatic heterocycles. The van der Waals surface area contributed by atoms with E-state index >= 15 is 0 Å². The van der Waals surface area contributed by atoms with Crippen molar-refractivity contribution < 1.29 is 5.11 Å². The Bertz CT molecular complexity index is 711. The SMILES string of the molecule is CC.Oc1c(-c2ccccc2)cc(Cl)c2cccnc12. The molecule has 0 saturated carbocycles. The molecule has 20 heavy (non-hydrogen) atoms. The lowest BCUT2D eigenvalue weighted by Crippen LogP contribution is -1.85. The molecule has 0 atom stereocenters. The van der Waals surface area contributed by atoms with Crippen molar-refractivity contribution in [1.82, 2.24) is 4.98 Å². The Kier molecular flexibility index (Phi) is 4.59. The Morgan fingerprint density at radius 2 is 1.70 bits per heavy atom. The van der Waals surface area contributed by atoms with Crippen molar-refractivity contribution in [2.75, 3.05) is 0 Å². The number of hydrogen-bond donors (Lipinski definition) is 1. The van der Waals surface area contributed by atoms with Gasteiger partial charge in [0.2, 0.25) is 0 Å². The van der Waals surface area contributed by atoms with Gasteiger partial charge in [-0.2, -0.15) is 0 Å². The third-order valence-electron chi connectivity index (χ3n) is 2.90. The fourth-order valence-corrected chi connectivity index (χ4v) is 2.29. The van der Waals surface area contributed by atoms with E-state index in [-0.39, 0.29) is 5.75 Å². The monoisotopic (exact) mass is 285 g/mol. The first-order chi connectivity index (χ1) is 9.77. The average Bonchev–Trinajstić information content (AvgIpc) is 2.54.